The Morgan fingerprint density at radius 3 is 2.53 bits per heavy atom. The van der Waals surface area contributed by atoms with Gasteiger partial charge in [-0.1, -0.05) is 32.9 Å². The zero-order valence-corrected chi connectivity index (χ0v) is 17.2. The Hall–Kier alpha value is -3.13. The van der Waals surface area contributed by atoms with Gasteiger partial charge >= 0.3 is 0 Å². The molecule has 8 heteroatoms. The summed E-state index contributed by atoms with van der Waals surface area (Å²) in [7, 11) is 0. The highest BCUT2D eigenvalue weighted by molar-refractivity contribution is 6.16. The number of nitrogens with two attached hydrogens (primary N) is 1. The Morgan fingerprint density at radius 2 is 1.90 bits per heavy atom. The second kappa shape index (κ2) is 8.71. The molecule has 0 spiro atoms. The molecule has 8 nitrogen and oxygen atoms in total. The van der Waals surface area contributed by atoms with Crippen LogP contribution in [0.4, 0.5) is 0 Å². The Kier molecular flexibility index (Phi) is 6.26. The van der Waals surface area contributed by atoms with Crippen LogP contribution in [0.3, 0.4) is 0 Å². The number of ketones is 1. The third-order valence-corrected chi connectivity index (χ3v) is 5.54. The molecule has 2 aromatic rings. The number of fused-ring (bicyclic) bond motifs is 1. The number of nitrogens with zero attached hydrogens (tertiary/aromatic N) is 1. The Morgan fingerprint density at radius 1 is 1.17 bits per heavy atom. The number of rotatable bonds is 7. The molecule has 2 heterocycles. The minimum Gasteiger partial charge on any atom is -0.346 e. The smallest absolute Gasteiger partial charge is 0.238 e. The van der Waals surface area contributed by atoms with Gasteiger partial charge in [-0.15, -0.1) is 0 Å². The number of hydrogen-bond donors (Lipinski definition) is 3. The highest BCUT2D eigenvalue weighted by Crippen LogP contribution is 2.24. The average Bonchev–Trinajstić information content (AvgIpc) is 2.96. The number of aromatic nitrogens is 1. The molecule has 1 saturated heterocycles. The van der Waals surface area contributed by atoms with E-state index in [1.54, 1.807) is 26.2 Å². The summed E-state index contributed by atoms with van der Waals surface area (Å²) in [6, 6.07) is 6.12. The fourth-order valence-corrected chi connectivity index (χ4v) is 3.71. The normalized spacial score (nSPS) is 20.8. The van der Waals surface area contributed by atoms with Gasteiger partial charge in [0.05, 0.1) is 12.0 Å². The zero-order chi connectivity index (χ0) is 22.0. The van der Waals surface area contributed by atoms with E-state index in [2.05, 4.69) is 15.6 Å². The highest BCUT2D eigenvalue weighted by atomic mass is 16.2. The first-order valence-corrected chi connectivity index (χ1v) is 9.96. The molecule has 0 radical (unpaired) electrons. The number of Topliss-reactive ketones (excluding diaryl/α,β-unsaturated/α-hetero) is 1. The third kappa shape index (κ3) is 4.38. The van der Waals surface area contributed by atoms with Crippen LogP contribution >= 0.6 is 0 Å². The molecule has 3 amide bonds. The fourth-order valence-electron chi connectivity index (χ4n) is 3.71. The number of hydrogen-bond acceptors (Lipinski definition) is 6. The predicted molar refractivity (Wildman–Crippen MR) is 111 cm³/mol. The van der Waals surface area contributed by atoms with Crippen molar-refractivity contribution in [1.29, 1.82) is 0 Å². The zero-order valence-electron chi connectivity index (χ0n) is 17.2. The molecule has 1 aromatic heterocycles. The largest absolute Gasteiger partial charge is 0.346 e. The minimum absolute atomic E-state index is 0.0202. The SMILES string of the molecule is CC(C)[C@H](NC(=O)CC(N)c1ccc2ccncc2c1)C(=O)[C@@H]1C(=O)NC(=O)[C@H]1C. The van der Waals surface area contributed by atoms with Crippen molar-refractivity contribution in [2.75, 3.05) is 0 Å². The monoisotopic (exact) mass is 410 g/mol. The molecule has 0 bridgehead atoms. The highest BCUT2D eigenvalue weighted by Gasteiger charge is 2.46. The molecular formula is C22H26N4O4. The van der Waals surface area contributed by atoms with Gasteiger partial charge in [-0.2, -0.15) is 0 Å². The van der Waals surface area contributed by atoms with Crippen LogP contribution < -0.4 is 16.4 Å². The molecule has 158 valence electrons. The maximum atomic E-state index is 12.9. The van der Waals surface area contributed by atoms with Gasteiger partial charge in [-0.05, 0) is 29.0 Å². The number of pyridine rings is 1. The standard InChI is InChI=1S/C22H26N4O4/c1-11(2)19(20(28)18-12(3)21(29)26-22(18)30)25-17(27)9-16(23)14-5-4-13-6-7-24-10-15(13)8-14/h4-8,10-12,16,18-19H,9,23H2,1-3H3,(H,25,27)(H,26,29,30)/t12-,16?,18+,19-/m0/s1. The second-order valence-corrected chi connectivity index (χ2v) is 8.10. The van der Waals surface area contributed by atoms with Crippen LogP contribution in [0.25, 0.3) is 10.8 Å². The first-order valence-electron chi connectivity index (χ1n) is 9.96. The molecule has 4 atom stereocenters. The summed E-state index contributed by atoms with van der Waals surface area (Å²) in [5, 5.41) is 6.84. The van der Waals surface area contributed by atoms with Crippen molar-refractivity contribution in [3.63, 3.8) is 0 Å². The second-order valence-electron chi connectivity index (χ2n) is 8.10. The molecule has 1 aliphatic heterocycles. The lowest BCUT2D eigenvalue weighted by atomic mass is 9.85. The van der Waals surface area contributed by atoms with Crippen LogP contribution in [0.2, 0.25) is 0 Å². The maximum absolute atomic E-state index is 12.9. The van der Waals surface area contributed by atoms with Gasteiger partial charge in [0.2, 0.25) is 17.7 Å². The van der Waals surface area contributed by atoms with Gasteiger partial charge in [-0.3, -0.25) is 29.5 Å². The van der Waals surface area contributed by atoms with Crippen LogP contribution in [0, 0.1) is 17.8 Å². The van der Waals surface area contributed by atoms with E-state index >= 15 is 0 Å². The first kappa shape index (κ1) is 21.6. The van der Waals surface area contributed by atoms with E-state index in [1.807, 2.05) is 24.3 Å². The molecule has 3 rings (SSSR count). The number of imide groups is 1. The van der Waals surface area contributed by atoms with Crippen molar-refractivity contribution < 1.29 is 19.2 Å². The van der Waals surface area contributed by atoms with E-state index in [0.717, 1.165) is 16.3 Å². The van der Waals surface area contributed by atoms with E-state index in [-0.39, 0.29) is 12.3 Å². The quantitative estimate of drug-likeness (QED) is 0.465. The predicted octanol–water partition coefficient (Wildman–Crippen LogP) is 1.24. The van der Waals surface area contributed by atoms with Crippen molar-refractivity contribution >= 4 is 34.3 Å². The molecule has 1 aromatic carbocycles. The van der Waals surface area contributed by atoms with E-state index < -0.39 is 47.4 Å². The number of carbonyl (C=O) groups excluding carboxylic acids is 4. The lowest BCUT2D eigenvalue weighted by molar-refractivity contribution is -0.137. The van der Waals surface area contributed by atoms with Crippen LogP contribution in [0.15, 0.2) is 36.7 Å². The van der Waals surface area contributed by atoms with E-state index in [0.29, 0.717) is 0 Å². The van der Waals surface area contributed by atoms with E-state index in [1.165, 1.54) is 6.92 Å². The van der Waals surface area contributed by atoms with Gasteiger partial charge < -0.3 is 11.1 Å². The van der Waals surface area contributed by atoms with Gasteiger partial charge in [0.15, 0.2) is 5.78 Å². The number of amides is 3. The Labute approximate surface area is 174 Å². The van der Waals surface area contributed by atoms with Crippen molar-refractivity contribution in [3.8, 4) is 0 Å². The van der Waals surface area contributed by atoms with Crippen LogP contribution in [0.5, 0.6) is 0 Å². The van der Waals surface area contributed by atoms with Crippen molar-refractivity contribution in [2.24, 2.45) is 23.5 Å². The van der Waals surface area contributed by atoms with Gasteiger partial charge in [0.25, 0.3) is 0 Å². The first-order chi connectivity index (χ1) is 14.2. The maximum Gasteiger partial charge on any atom is 0.238 e. The lowest BCUT2D eigenvalue weighted by Crippen LogP contribution is -2.49. The van der Waals surface area contributed by atoms with Crippen molar-refractivity contribution in [2.45, 2.75) is 39.3 Å². The third-order valence-electron chi connectivity index (χ3n) is 5.54. The lowest BCUT2D eigenvalue weighted by Gasteiger charge is -2.25. The molecular weight excluding hydrogens is 384 g/mol. The van der Waals surface area contributed by atoms with Gasteiger partial charge in [-0.25, -0.2) is 0 Å². The summed E-state index contributed by atoms with van der Waals surface area (Å²) in [4.78, 5) is 53.4. The average molecular weight is 410 g/mol. The van der Waals surface area contributed by atoms with Crippen LogP contribution in [-0.4, -0.2) is 34.5 Å². The minimum atomic E-state index is -1.09. The number of carbonyl (C=O) groups is 4. The summed E-state index contributed by atoms with van der Waals surface area (Å²) in [6.07, 6.45) is 3.42. The topological polar surface area (TPSA) is 131 Å². The molecule has 0 aliphatic carbocycles. The van der Waals surface area contributed by atoms with E-state index in [4.69, 9.17) is 5.73 Å². The Balaban J connectivity index is 1.69. The summed E-state index contributed by atoms with van der Waals surface area (Å²) >= 11 is 0. The van der Waals surface area contributed by atoms with E-state index in [9.17, 15) is 19.2 Å². The van der Waals surface area contributed by atoms with Crippen LogP contribution in [-0.2, 0) is 19.2 Å². The molecule has 30 heavy (non-hydrogen) atoms. The summed E-state index contributed by atoms with van der Waals surface area (Å²) < 4.78 is 0. The van der Waals surface area contributed by atoms with Crippen LogP contribution in [0.1, 0.15) is 38.8 Å². The summed E-state index contributed by atoms with van der Waals surface area (Å²) in [6.45, 7) is 5.09. The molecule has 1 fully saturated rings. The summed E-state index contributed by atoms with van der Waals surface area (Å²) in [5.41, 5.74) is 7.01. The summed E-state index contributed by atoms with van der Waals surface area (Å²) in [5.74, 6) is -4.03. The van der Waals surface area contributed by atoms with Crippen molar-refractivity contribution in [3.05, 3.63) is 42.2 Å². The van der Waals surface area contributed by atoms with Gasteiger partial charge in [0, 0.05) is 30.2 Å². The molecule has 1 unspecified atom stereocenters. The fraction of sp³-hybridized carbons (Fsp3) is 0.409. The number of benzene rings is 1. The molecule has 1 aliphatic rings. The molecule has 4 N–H and O–H groups in total. The Bertz CT molecular complexity index is 1000. The number of nitrogens with one attached hydrogen (secondary N) is 2. The molecule has 0 saturated carbocycles. The van der Waals surface area contributed by atoms with Gasteiger partial charge in [0.1, 0.15) is 5.92 Å². The van der Waals surface area contributed by atoms with Crippen molar-refractivity contribution in [1.82, 2.24) is 15.6 Å².